The highest BCUT2D eigenvalue weighted by Crippen LogP contribution is 2.29. The summed E-state index contributed by atoms with van der Waals surface area (Å²) in [7, 11) is -4.25. The van der Waals surface area contributed by atoms with Gasteiger partial charge in [-0.05, 0) is 6.42 Å². The minimum absolute atomic E-state index is 0.131. The van der Waals surface area contributed by atoms with Gasteiger partial charge in [-0.3, -0.25) is 0 Å². The quantitative estimate of drug-likeness (QED) is 0.434. The Morgan fingerprint density at radius 3 is 2.40 bits per heavy atom. The predicted molar refractivity (Wildman–Crippen MR) is 32.4 cm³/mol. The van der Waals surface area contributed by atoms with Crippen molar-refractivity contribution in [2.75, 3.05) is 12.8 Å². The zero-order chi connectivity index (χ0) is 8.20. The van der Waals surface area contributed by atoms with Crippen LogP contribution in [0.4, 0.5) is 0 Å². The molecule has 0 saturated heterocycles. The lowest BCUT2D eigenvalue weighted by Gasteiger charge is -2.16. The molecule has 0 aliphatic rings. The molecule has 0 aliphatic carbocycles. The van der Waals surface area contributed by atoms with E-state index in [1.165, 1.54) is 0 Å². The maximum Gasteiger partial charge on any atom is 0.132 e. The minimum atomic E-state index is -4.25. The van der Waals surface area contributed by atoms with Gasteiger partial charge in [-0.15, -0.1) is 0 Å². The van der Waals surface area contributed by atoms with E-state index in [1.807, 2.05) is 0 Å². The molecule has 0 aromatic carbocycles. The highest BCUT2D eigenvalue weighted by atomic mass is 31.2. The molecule has 0 saturated carbocycles. The average molecular weight is 169 g/mol. The Bertz CT molecular complexity index is 130. The normalized spacial score (nSPS) is 20.0. The van der Waals surface area contributed by atoms with Crippen LogP contribution in [0.25, 0.3) is 0 Å². The molecule has 0 radical (unpaired) electrons. The first-order valence-corrected chi connectivity index (χ1v) is 4.54. The second kappa shape index (κ2) is 4.05. The summed E-state index contributed by atoms with van der Waals surface area (Å²) in [5.41, 5.74) is 0. The van der Waals surface area contributed by atoms with Crippen molar-refractivity contribution in [3.8, 4) is 0 Å². The molecule has 6 heteroatoms. The summed E-state index contributed by atoms with van der Waals surface area (Å²) in [5.74, 6) is 0. The molecular formula is C4H10O5P-. The smallest absolute Gasteiger partial charge is 0.132 e. The van der Waals surface area contributed by atoms with Gasteiger partial charge >= 0.3 is 0 Å². The monoisotopic (exact) mass is 169 g/mol. The lowest BCUT2D eigenvalue weighted by atomic mass is 10.3. The molecule has 0 aromatic heterocycles. The van der Waals surface area contributed by atoms with Crippen molar-refractivity contribution in [3.05, 3.63) is 0 Å². The van der Waals surface area contributed by atoms with E-state index in [1.54, 1.807) is 0 Å². The van der Waals surface area contributed by atoms with Crippen LogP contribution in [0.15, 0.2) is 0 Å². The van der Waals surface area contributed by atoms with Crippen molar-refractivity contribution in [2.24, 2.45) is 0 Å². The molecule has 10 heavy (non-hydrogen) atoms. The molecule has 0 aliphatic heterocycles. The van der Waals surface area contributed by atoms with Crippen molar-refractivity contribution in [1.82, 2.24) is 0 Å². The summed E-state index contributed by atoms with van der Waals surface area (Å²) in [6.07, 6.45) is -1.68. The molecule has 62 valence electrons. The molecule has 0 amide bonds. The maximum atomic E-state index is 10.0. The standard InChI is InChI=1S/C4H11O5P/c5-3-4(6)1-2-10(7,8)9/h4-6H,1-3H2,(H2,7,8,9)/p-1/t4-/m1/s1. The molecule has 3 N–H and O–H groups in total. The number of hydrogen-bond acceptors (Lipinski definition) is 4. The van der Waals surface area contributed by atoms with Gasteiger partial charge < -0.3 is 24.6 Å². The third-order valence-electron chi connectivity index (χ3n) is 0.956. The molecule has 0 spiro atoms. The van der Waals surface area contributed by atoms with Crippen LogP contribution in [0.2, 0.25) is 0 Å². The molecular weight excluding hydrogens is 159 g/mol. The number of rotatable bonds is 4. The number of aliphatic hydroxyl groups is 2. The highest BCUT2D eigenvalue weighted by molar-refractivity contribution is 7.50. The van der Waals surface area contributed by atoms with Crippen molar-refractivity contribution in [1.29, 1.82) is 0 Å². The lowest BCUT2D eigenvalue weighted by molar-refractivity contribution is -0.193. The van der Waals surface area contributed by atoms with E-state index in [0.717, 1.165) is 0 Å². The summed E-state index contributed by atoms with van der Waals surface area (Å²) in [4.78, 5) is 18.2. The van der Waals surface area contributed by atoms with E-state index in [2.05, 4.69) is 0 Å². The average Bonchev–Trinajstić information content (AvgIpc) is 1.81. The Balaban J connectivity index is 3.46. The van der Waals surface area contributed by atoms with E-state index in [0.29, 0.717) is 0 Å². The maximum absolute atomic E-state index is 10.0. The van der Waals surface area contributed by atoms with Crippen molar-refractivity contribution < 1.29 is 24.6 Å². The van der Waals surface area contributed by atoms with Crippen LogP contribution in [-0.2, 0) is 4.57 Å². The number of aliphatic hydroxyl groups excluding tert-OH is 2. The Labute approximate surface area is 58.5 Å². The van der Waals surface area contributed by atoms with Gasteiger partial charge in [0.25, 0.3) is 0 Å². The SMILES string of the molecule is O=P([O-])(O)CC[C@@H](O)CO. The van der Waals surface area contributed by atoms with Gasteiger partial charge in [0.05, 0.1) is 12.7 Å². The summed E-state index contributed by atoms with van der Waals surface area (Å²) >= 11 is 0. The fraction of sp³-hybridized carbons (Fsp3) is 1.00. The van der Waals surface area contributed by atoms with Crippen molar-refractivity contribution >= 4 is 7.60 Å². The van der Waals surface area contributed by atoms with Crippen LogP contribution in [0.5, 0.6) is 0 Å². The molecule has 5 nitrogen and oxygen atoms in total. The second-order valence-corrected chi connectivity index (χ2v) is 3.71. The molecule has 0 rings (SSSR count). The third kappa shape index (κ3) is 6.19. The van der Waals surface area contributed by atoms with Crippen LogP contribution in [0.1, 0.15) is 6.42 Å². The largest absolute Gasteiger partial charge is 0.779 e. The Morgan fingerprint density at radius 1 is 1.60 bits per heavy atom. The lowest BCUT2D eigenvalue weighted by Crippen LogP contribution is -2.16. The van der Waals surface area contributed by atoms with Crippen LogP contribution in [0, 0.1) is 0 Å². The van der Waals surface area contributed by atoms with Crippen molar-refractivity contribution in [3.63, 3.8) is 0 Å². The van der Waals surface area contributed by atoms with E-state index in [9.17, 15) is 9.46 Å². The van der Waals surface area contributed by atoms with Crippen LogP contribution >= 0.6 is 7.60 Å². The Morgan fingerprint density at radius 2 is 2.10 bits per heavy atom. The van der Waals surface area contributed by atoms with Crippen molar-refractivity contribution in [2.45, 2.75) is 12.5 Å². The second-order valence-electron chi connectivity index (χ2n) is 1.99. The zero-order valence-corrected chi connectivity index (χ0v) is 6.20. The molecule has 0 bridgehead atoms. The summed E-state index contributed by atoms with van der Waals surface area (Å²) in [6, 6.07) is 0. The fourth-order valence-corrected chi connectivity index (χ4v) is 1.03. The summed E-state index contributed by atoms with van der Waals surface area (Å²) < 4.78 is 10.0. The highest BCUT2D eigenvalue weighted by Gasteiger charge is 2.06. The van der Waals surface area contributed by atoms with Gasteiger partial charge in [-0.1, -0.05) is 0 Å². The summed E-state index contributed by atoms with van der Waals surface area (Å²) in [5, 5.41) is 16.8. The predicted octanol–water partition coefficient (Wildman–Crippen LogP) is -1.72. The first kappa shape index (κ1) is 10.1. The number of hydrogen-bond donors (Lipinski definition) is 3. The van der Waals surface area contributed by atoms with Gasteiger partial charge in [0.2, 0.25) is 0 Å². The first-order valence-electron chi connectivity index (χ1n) is 2.77. The Hall–Kier alpha value is 0.0700. The minimum Gasteiger partial charge on any atom is -0.779 e. The van der Waals surface area contributed by atoms with Gasteiger partial charge in [0, 0.05) is 6.16 Å². The molecule has 0 fully saturated rings. The topological polar surface area (TPSA) is 101 Å². The van der Waals surface area contributed by atoms with E-state index in [4.69, 9.17) is 15.1 Å². The van der Waals surface area contributed by atoms with Crippen LogP contribution < -0.4 is 4.89 Å². The van der Waals surface area contributed by atoms with Crippen LogP contribution in [0.3, 0.4) is 0 Å². The van der Waals surface area contributed by atoms with E-state index < -0.39 is 26.5 Å². The van der Waals surface area contributed by atoms with Gasteiger partial charge in [0.15, 0.2) is 0 Å². The van der Waals surface area contributed by atoms with E-state index >= 15 is 0 Å². The first-order chi connectivity index (χ1) is 4.45. The Kier molecular flexibility index (Phi) is 4.08. The van der Waals surface area contributed by atoms with Gasteiger partial charge in [0.1, 0.15) is 7.60 Å². The zero-order valence-electron chi connectivity index (χ0n) is 5.30. The molecule has 0 aromatic rings. The summed E-state index contributed by atoms with van der Waals surface area (Å²) in [6.45, 7) is -0.486. The molecule has 1 unspecified atom stereocenters. The molecule has 0 heterocycles. The van der Waals surface area contributed by atoms with E-state index in [-0.39, 0.29) is 6.42 Å². The van der Waals surface area contributed by atoms with Crippen LogP contribution in [-0.4, -0.2) is 34.0 Å². The van der Waals surface area contributed by atoms with Gasteiger partial charge in [-0.2, -0.15) is 0 Å². The molecule has 2 atom stereocenters. The third-order valence-corrected chi connectivity index (χ3v) is 1.78. The fourth-order valence-electron chi connectivity index (χ4n) is 0.403. The van der Waals surface area contributed by atoms with Gasteiger partial charge in [-0.25, -0.2) is 0 Å².